The largest absolute Gasteiger partial charge is 0.507 e. The molecule has 3 aromatic rings. The molecule has 0 saturated carbocycles. The van der Waals surface area contributed by atoms with E-state index in [9.17, 15) is 14.7 Å². The number of carbonyl (C=O) groups is 2. The molecule has 1 heterocycles. The van der Waals surface area contributed by atoms with Gasteiger partial charge in [-0.25, -0.2) is 0 Å². The Kier molecular flexibility index (Phi) is 6.98. The molecule has 6 heteroatoms. The van der Waals surface area contributed by atoms with Gasteiger partial charge in [0.2, 0.25) is 0 Å². The van der Waals surface area contributed by atoms with Gasteiger partial charge in [-0.2, -0.15) is 0 Å². The van der Waals surface area contributed by atoms with Gasteiger partial charge in [-0.05, 0) is 47.6 Å². The van der Waals surface area contributed by atoms with Crippen LogP contribution in [0.4, 0.5) is 0 Å². The Hall–Kier alpha value is -3.64. The number of likely N-dealkylation sites (tertiary alicyclic amines) is 1. The van der Waals surface area contributed by atoms with E-state index in [0.717, 1.165) is 35.2 Å². The molecule has 0 radical (unpaired) electrons. The van der Waals surface area contributed by atoms with Gasteiger partial charge in [0.05, 0.1) is 18.7 Å². The fourth-order valence-corrected chi connectivity index (χ4v) is 4.54. The van der Waals surface area contributed by atoms with Crippen LogP contribution in [0.15, 0.2) is 72.3 Å². The number of nitrogens with zero attached hydrogens (tertiary/aromatic N) is 2. The van der Waals surface area contributed by atoms with Crippen molar-refractivity contribution in [1.82, 2.24) is 9.80 Å². The van der Waals surface area contributed by atoms with Crippen LogP contribution in [0.25, 0.3) is 16.5 Å². The Morgan fingerprint density at radius 2 is 1.65 bits per heavy atom. The van der Waals surface area contributed by atoms with Crippen molar-refractivity contribution >= 4 is 28.2 Å². The summed E-state index contributed by atoms with van der Waals surface area (Å²) < 4.78 is 5.29. The van der Waals surface area contributed by atoms with Gasteiger partial charge in [0.15, 0.2) is 0 Å². The molecule has 0 aliphatic carbocycles. The van der Waals surface area contributed by atoms with Gasteiger partial charge in [-0.1, -0.05) is 62.4 Å². The van der Waals surface area contributed by atoms with Crippen LogP contribution in [0.1, 0.15) is 31.0 Å². The number of hydrogen-bond acceptors (Lipinski definition) is 5. The number of aliphatic hydroxyl groups is 1. The van der Waals surface area contributed by atoms with Gasteiger partial charge in [0.1, 0.15) is 11.5 Å². The van der Waals surface area contributed by atoms with Gasteiger partial charge >= 0.3 is 0 Å². The Labute approximate surface area is 200 Å². The molecule has 1 fully saturated rings. The van der Waals surface area contributed by atoms with Gasteiger partial charge in [-0.3, -0.25) is 9.59 Å². The first-order chi connectivity index (χ1) is 16.5. The smallest absolute Gasteiger partial charge is 0.295 e. The zero-order chi connectivity index (χ0) is 24.2. The van der Waals surface area contributed by atoms with E-state index in [-0.39, 0.29) is 11.3 Å². The molecule has 0 aromatic heterocycles. The molecule has 1 unspecified atom stereocenters. The normalized spacial score (nSPS) is 17.6. The maximum Gasteiger partial charge on any atom is 0.295 e. The van der Waals surface area contributed by atoms with Gasteiger partial charge < -0.3 is 19.6 Å². The summed E-state index contributed by atoms with van der Waals surface area (Å²) in [6, 6.07) is 19.9. The molecule has 1 saturated heterocycles. The molecular weight excluding hydrogens is 428 g/mol. The molecule has 0 spiro atoms. The Bertz CT molecular complexity index is 1230. The third-order valence-electron chi connectivity index (χ3n) is 6.53. The average Bonchev–Trinajstić information content (AvgIpc) is 3.13. The minimum atomic E-state index is -0.652. The SMILES string of the molecule is CCN(CC)CCN1C(=O)C(=O)/C(=C(/O)c2ccc3cc(OC)ccc3c2)C1c1ccccc1. The molecule has 1 amide bonds. The lowest BCUT2D eigenvalue weighted by atomic mass is 9.94. The highest BCUT2D eigenvalue weighted by Gasteiger charge is 2.45. The summed E-state index contributed by atoms with van der Waals surface area (Å²) in [5.74, 6) is -0.642. The number of fused-ring (bicyclic) bond motifs is 1. The first-order valence-electron chi connectivity index (χ1n) is 11.6. The van der Waals surface area contributed by atoms with Crippen LogP contribution in [-0.4, -0.2) is 59.9 Å². The molecule has 34 heavy (non-hydrogen) atoms. The highest BCUT2D eigenvalue weighted by Crippen LogP contribution is 2.39. The molecule has 6 nitrogen and oxygen atoms in total. The topological polar surface area (TPSA) is 70.1 Å². The summed E-state index contributed by atoms with van der Waals surface area (Å²) >= 11 is 0. The van der Waals surface area contributed by atoms with Crippen molar-refractivity contribution in [2.45, 2.75) is 19.9 Å². The summed E-state index contributed by atoms with van der Waals surface area (Å²) in [5.41, 5.74) is 1.43. The number of carbonyl (C=O) groups excluding carboxylic acids is 2. The molecule has 0 bridgehead atoms. The fraction of sp³-hybridized carbons (Fsp3) is 0.286. The van der Waals surface area contributed by atoms with E-state index in [0.29, 0.717) is 18.7 Å². The second-order valence-corrected chi connectivity index (χ2v) is 8.36. The molecule has 1 aliphatic rings. The molecule has 3 aromatic carbocycles. The number of Topliss-reactive ketones (excluding diaryl/α,β-unsaturated/α-hetero) is 1. The summed E-state index contributed by atoms with van der Waals surface area (Å²) in [7, 11) is 1.62. The maximum atomic E-state index is 13.2. The number of ketones is 1. The lowest BCUT2D eigenvalue weighted by Crippen LogP contribution is -2.38. The van der Waals surface area contributed by atoms with Crippen molar-refractivity contribution in [3.05, 3.63) is 83.4 Å². The van der Waals surface area contributed by atoms with E-state index in [2.05, 4.69) is 18.7 Å². The Balaban J connectivity index is 1.79. The predicted octanol–water partition coefficient (Wildman–Crippen LogP) is 4.61. The van der Waals surface area contributed by atoms with Crippen LogP contribution in [0.5, 0.6) is 5.75 Å². The standard InChI is InChI=1S/C28H30N2O4/c1-4-29(5-2)15-16-30-25(19-9-7-6-8-10-19)24(27(32)28(30)33)26(31)22-12-11-21-18-23(34-3)14-13-20(21)17-22/h6-14,17-18,25,31H,4-5,15-16H2,1-3H3/b26-24+. The monoisotopic (exact) mass is 458 g/mol. The maximum absolute atomic E-state index is 13.2. The molecule has 1 N–H and O–H groups in total. The highest BCUT2D eigenvalue weighted by atomic mass is 16.5. The number of rotatable bonds is 8. The van der Waals surface area contributed by atoms with Crippen molar-refractivity contribution in [3.63, 3.8) is 0 Å². The van der Waals surface area contributed by atoms with Crippen LogP contribution < -0.4 is 4.74 Å². The third kappa shape index (κ3) is 4.41. The van der Waals surface area contributed by atoms with E-state index in [4.69, 9.17) is 4.74 Å². The number of ether oxygens (including phenoxy) is 1. The number of hydrogen-bond donors (Lipinski definition) is 1. The average molecular weight is 459 g/mol. The molecule has 176 valence electrons. The van der Waals surface area contributed by atoms with Crippen molar-refractivity contribution in [1.29, 1.82) is 0 Å². The minimum Gasteiger partial charge on any atom is -0.507 e. The first-order valence-corrected chi connectivity index (χ1v) is 11.6. The first kappa shape index (κ1) is 23.5. The van der Waals surface area contributed by atoms with Crippen LogP contribution in [0.3, 0.4) is 0 Å². The Morgan fingerprint density at radius 1 is 0.971 bits per heavy atom. The van der Waals surface area contributed by atoms with E-state index >= 15 is 0 Å². The van der Waals surface area contributed by atoms with Crippen molar-refractivity contribution in [2.24, 2.45) is 0 Å². The van der Waals surface area contributed by atoms with Gasteiger partial charge in [-0.15, -0.1) is 0 Å². The molecule has 1 aliphatic heterocycles. The molecule has 1 atom stereocenters. The quantitative estimate of drug-likeness (QED) is 0.303. The van der Waals surface area contributed by atoms with Gasteiger partial charge in [0.25, 0.3) is 11.7 Å². The zero-order valence-electron chi connectivity index (χ0n) is 19.8. The van der Waals surface area contributed by atoms with Crippen LogP contribution >= 0.6 is 0 Å². The van der Waals surface area contributed by atoms with E-state index in [1.807, 2.05) is 60.7 Å². The third-order valence-corrected chi connectivity index (χ3v) is 6.53. The van der Waals surface area contributed by atoms with Crippen LogP contribution in [0, 0.1) is 0 Å². The summed E-state index contributed by atoms with van der Waals surface area (Å²) in [4.78, 5) is 30.1. The van der Waals surface area contributed by atoms with E-state index in [1.165, 1.54) is 0 Å². The number of aliphatic hydroxyl groups excluding tert-OH is 1. The summed E-state index contributed by atoms with van der Waals surface area (Å²) in [6.07, 6.45) is 0. The number of methoxy groups -OCH3 is 1. The number of amides is 1. The second kappa shape index (κ2) is 10.1. The van der Waals surface area contributed by atoms with Crippen molar-refractivity contribution in [2.75, 3.05) is 33.3 Å². The Morgan fingerprint density at radius 3 is 2.32 bits per heavy atom. The molecular formula is C28H30N2O4. The fourth-order valence-electron chi connectivity index (χ4n) is 4.54. The van der Waals surface area contributed by atoms with Crippen LogP contribution in [0.2, 0.25) is 0 Å². The summed E-state index contributed by atoms with van der Waals surface area (Å²) in [5, 5.41) is 13.2. The lowest BCUT2D eigenvalue weighted by molar-refractivity contribution is -0.140. The summed E-state index contributed by atoms with van der Waals surface area (Å²) in [6.45, 7) is 6.92. The second-order valence-electron chi connectivity index (χ2n) is 8.36. The van der Waals surface area contributed by atoms with E-state index < -0.39 is 17.7 Å². The van der Waals surface area contributed by atoms with Crippen LogP contribution in [-0.2, 0) is 9.59 Å². The number of likely N-dealkylation sites (N-methyl/N-ethyl adjacent to an activating group) is 1. The molecule has 4 rings (SSSR count). The van der Waals surface area contributed by atoms with Gasteiger partial charge in [0, 0.05) is 18.7 Å². The zero-order valence-corrected chi connectivity index (χ0v) is 19.8. The lowest BCUT2D eigenvalue weighted by Gasteiger charge is -2.28. The predicted molar refractivity (Wildman–Crippen MR) is 134 cm³/mol. The van der Waals surface area contributed by atoms with Crippen molar-refractivity contribution in [3.8, 4) is 5.75 Å². The van der Waals surface area contributed by atoms with Crippen molar-refractivity contribution < 1.29 is 19.4 Å². The van der Waals surface area contributed by atoms with E-state index in [1.54, 1.807) is 18.1 Å². The highest BCUT2D eigenvalue weighted by molar-refractivity contribution is 6.46. The number of benzene rings is 3. The minimum absolute atomic E-state index is 0.128.